The molecule has 0 spiro atoms. The monoisotopic (exact) mass is 275 g/mol. The van der Waals surface area contributed by atoms with Crippen LogP contribution in [0.2, 0.25) is 0 Å². The van der Waals surface area contributed by atoms with Crippen molar-refractivity contribution in [1.29, 1.82) is 0 Å². The van der Waals surface area contributed by atoms with Crippen molar-refractivity contribution in [2.75, 3.05) is 4.90 Å². The zero-order chi connectivity index (χ0) is 13.2. The molecular formula is C15H14FNOS. The number of aldehydes is 1. The van der Waals surface area contributed by atoms with E-state index in [1.54, 1.807) is 17.4 Å². The molecule has 1 heterocycles. The lowest BCUT2D eigenvalue weighted by molar-refractivity contribution is 0.112. The van der Waals surface area contributed by atoms with Crippen LogP contribution in [0.1, 0.15) is 28.1 Å². The summed E-state index contributed by atoms with van der Waals surface area (Å²) in [4.78, 5) is 14.6. The van der Waals surface area contributed by atoms with E-state index in [4.69, 9.17) is 0 Å². The minimum atomic E-state index is -0.363. The van der Waals surface area contributed by atoms with E-state index in [9.17, 15) is 9.18 Å². The molecule has 1 saturated carbocycles. The molecule has 3 rings (SSSR count). The molecule has 2 nitrogen and oxygen atoms in total. The number of hydrogen-bond acceptors (Lipinski definition) is 3. The molecule has 0 bridgehead atoms. The van der Waals surface area contributed by atoms with Crippen LogP contribution in [-0.4, -0.2) is 12.3 Å². The van der Waals surface area contributed by atoms with Gasteiger partial charge in [0.05, 0.1) is 6.54 Å². The molecule has 1 aliphatic carbocycles. The van der Waals surface area contributed by atoms with Crippen molar-refractivity contribution in [3.63, 3.8) is 0 Å². The molecule has 0 atom stereocenters. The molecule has 2 aromatic rings. The molecule has 0 N–H and O–H groups in total. The maximum Gasteiger partial charge on any atom is 0.152 e. The predicted molar refractivity (Wildman–Crippen MR) is 75.3 cm³/mol. The number of halogens is 1. The Kier molecular flexibility index (Phi) is 3.34. The van der Waals surface area contributed by atoms with Gasteiger partial charge in [0.2, 0.25) is 0 Å². The molecule has 0 radical (unpaired) electrons. The molecule has 98 valence electrons. The predicted octanol–water partition coefficient (Wildman–Crippen LogP) is 3.87. The lowest BCUT2D eigenvalue weighted by atomic mass is 10.1. The standard InChI is InChI=1S/C15H14FNOS/c16-12-3-6-15(11(8-12)10-18)17(13-4-5-13)9-14-2-1-7-19-14/h1-3,6-8,10,13H,4-5,9H2. The number of carbonyl (C=O) groups excluding carboxylic acids is 1. The summed E-state index contributed by atoms with van der Waals surface area (Å²) in [6, 6.07) is 9.04. The lowest BCUT2D eigenvalue weighted by Crippen LogP contribution is -2.25. The maximum absolute atomic E-state index is 13.2. The molecule has 1 fully saturated rings. The molecule has 1 aliphatic rings. The molecule has 0 amide bonds. The molecule has 1 aromatic heterocycles. The van der Waals surface area contributed by atoms with Crippen LogP contribution in [0.4, 0.5) is 10.1 Å². The largest absolute Gasteiger partial charge is 0.363 e. The summed E-state index contributed by atoms with van der Waals surface area (Å²) >= 11 is 1.70. The van der Waals surface area contributed by atoms with Gasteiger partial charge in [0, 0.05) is 22.2 Å². The fourth-order valence-corrected chi connectivity index (χ4v) is 2.95. The number of anilines is 1. The van der Waals surface area contributed by atoms with Gasteiger partial charge in [0.1, 0.15) is 5.82 Å². The fraction of sp³-hybridized carbons (Fsp3) is 0.267. The number of hydrogen-bond donors (Lipinski definition) is 0. The van der Waals surface area contributed by atoms with Crippen molar-refractivity contribution in [3.8, 4) is 0 Å². The Morgan fingerprint density at radius 2 is 2.21 bits per heavy atom. The van der Waals surface area contributed by atoms with E-state index < -0.39 is 0 Å². The summed E-state index contributed by atoms with van der Waals surface area (Å²) < 4.78 is 13.2. The van der Waals surface area contributed by atoms with Crippen LogP contribution in [0.3, 0.4) is 0 Å². The van der Waals surface area contributed by atoms with Crippen LogP contribution in [0.15, 0.2) is 35.7 Å². The van der Waals surface area contributed by atoms with Crippen molar-refractivity contribution < 1.29 is 9.18 Å². The quantitative estimate of drug-likeness (QED) is 0.772. The van der Waals surface area contributed by atoms with Gasteiger partial charge in [-0.3, -0.25) is 4.79 Å². The van der Waals surface area contributed by atoms with Crippen LogP contribution in [0.5, 0.6) is 0 Å². The maximum atomic E-state index is 13.2. The normalized spacial score (nSPS) is 14.4. The van der Waals surface area contributed by atoms with Crippen LogP contribution in [0, 0.1) is 5.82 Å². The van der Waals surface area contributed by atoms with Gasteiger partial charge >= 0.3 is 0 Å². The number of carbonyl (C=O) groups is 1. The summed E-state index contributed by atoms with van der Waals surface area (Å²) in [6.07, 6.45) is 3.02. The van der Waals surface area contributed by atoms with Crippen molar-refractivity contribution in [1.82, 2.24) is 0 Å². The average molecular weight is 275 g/mol. The Balaban J connectivity index is 1.93. The first-order chi connectivity index (χ1) is 9.28. The molecule has 0 saturated heterocycles. The zero-order valence-electron chi connectivity index (χ0n) is 10.4. The fourth-order valence-electron chi connectivity index (χ4n) is 2.25. The van der Waals surface area contributed by atoms with Crippen LogP contribution < -0.4 is 4.90 Å². The van der Waals surface area contributed by atoms with Gasteiger partial charge in [-0.25, -0.2) is 4.39 Å². The topological polar surface area (TPSA) is 20.3 Å². The van der Waals surface area contributed by atoms with Gasteiger partial charge in [0.15, 0.2) is 6.29 Å². The Bertz CT molecular complexity index is 578. The third kappa shape index (κ3) is 2.68. The van der Waals surface area contributed by atoms with Crippen LogP contribution in [0.25, 0.3) is 0 Å². The van der Waals surface area contributed by atoms with E-state index in [1.165, 1.54) is 17.0 Å². The smallest absolute Gasteiger partial charge is 0.152 e. The molecule has 0 unspecified atom stereocenters. The highest BCUT2D eigenvalue weighted by Crippen LogP contribution is 2.35. The van der Waals surface area contributed by atoms with Crippen molar-refractivity contribution >= 4 is 23.3 Å². The number of nitrogens with zero attached hydrogens (tertiary/aromatic N) is 1. The summed E-state index contributed by atoms with van der Waals surface area (Å²) in [6.45, 7) is 0.787. The van der Waals surface area contributed by atoms with Gasteiger partial charge < -0.3 is 4.90 Å². The Labute approximate surface area is 115 Å². The Morgan fingerprint density at radius 3 is 2.84 bits per heavy atom. The third-order valence-corrected chi connectivity index (χ3v) is 4.18. The first-order valence-electron chi connectivity index (χ1n) is 6.31. The number of thiophene rings is 1. The number of rotatable bonds is 5. The lowest BCUT2D eigenvalue weighted by Gasteiger charge is -2.25. The van der Waals surface area contributed by atoms with Gasteiger partial charge in [-0.05, 0) is 42.5 Å². The zero-order valence-corrected chi connectivity index (χ0v) is 11.2. The van der Waals surface area contributed by atoms with E-state index in [1.807, 2.05) is 11.4 Å². The molecule has 19 heavy (non-hydrogen) atoms. The highest BCUT2D eigenvalue weighted by Gasteiger charge is 2.30. The highest BCUT2D eigenvalue weighted by molar-refractivity contribution is 7.09. The van der Waals surface area contributed by atoms with Gasteiger partial charge in [0.25, 0.3) is 0 Å². The molecule has 4 heteroatoms. The molecule has 0 aliphatic heterocycles. The first-order valence-corrected chi connectivity index (χ1v) is 7.19. The van der Waals surface area contributed by atoms with Gasteiger partial charge in [-0.15, -0.1) is 11.3 Å². The van der Waals surface area contributed by atoms with E-state index in [2.05, 4.69) is 11.0 Å². The summed E-state index contributed by atoms with van der Waals surface area (Å²) in [7, 11) is 0. The van der Waals surface area contributed by atoms with Gasteiger partial charge in [-0.1, -0.05) is 6.07 Å². The summed E-state index contributed by atoms with van der Waals surface area (Å²) in [5.41, 5.74) is 1.27. The van der Waals surface area contributed by atoms with E-state index in [0.29, 0.717) is 11.6 Å². The Hall–Kier alpha value is -1.68. The van der Waals surface area contributed by atoms with E-state index in [-0.39, 0.29) is 5.82 Å². The summed E-state index contributed by atoms with van der Waals surface area (Å²) in [5, 5.41) is 2.05. The second-order valence-electron chi connectivity index (χ2n) is 4.76. The third-order valence-electron chi connectivity index (χ3n) is 3.32. The van der Waals surface area contributed by atoms with Gasteiger partial charge in [-0.2, -0.15) is 0 Å². The minimum Gasteiger partial charge on any atom is -0.363 e. The van der Waals surface area contributed by atoms with E-state index in [0.717, 1.165) is 31.4 Å². The Morgan fingerprint density at radius 1 is 1.37 bits per heavy atom. The van der Waals surface area contributed by atoms with Crippen molar-refractivity contribution in [2.24, 2.45) is 0 Å². The van der Waals surface area contributed by atoms with Crippen LogP contribution >= 0.6 is 11.3 Å². The molecule has 1 aromatic carbocycles. The number of benzene rings is 1. The molecular weight excluding hydrogens is 261 g/mol. The van der Waals surface area contributed by atoms with E-state index >= 15 is 0 Å². The highest BCUT2D eigenvalue weighted by atomic mass is 32.1. The minimum absolute atomic E-state index is 0.363. The second-order valence-corrected chi connectivity index (χ2v) is 5.79. The SMILES string of the molecule is O=Cc1cc(F)ccc1N(Cc1cccs1)C1CC1. The average Bonchev–Trinajstić information content (AvgIpc) is 3.13. The van der Waals surface area contributed by atoms with Crippen molar-refractivity contribution in [3.05, 3.63) is 52.0 Å². The summed E-state index contributed by atoms with van der Waals surface area (Å²) in [5.74, 6) is -0.363. The second kappa shape index (κ2) is 5.13. The van der Waals surface area contributed by atoms with Crippen LogP contribution in [-0.2, 0) is 6.54 Å². The van der Waals surface area contributed by atoms with Crippen molar-refractivity contribution in [2.45, 2.75) is 25.4 Å². The first kappa shape index (κ1) is 12.4.